The molecule has 94 valence electrons. The zero-order chi connectivity index (χ0) is 11.5. The van der Waals surface area contributed by atoms with Crippen LogP contribution in [0.15, 0.2) is 11.8 Å². The first kappa shape index (κ1) is 10.4. The van der Waals surface area contributed by atoms with E-state index in [0.29, 0.717) is 5.92 Å². The van der Waals surface area contributed by atoms with E-state index in [1.165, 1.54) is 31.3 Å². The van der Waals surface area contributed by atoms with Crippen LogP contribution >= 0.6 is 0 Å². The highest BCUT2D eigenvalue weighted by Gasteiger charge is 2.61. The van der Waals surface area contributed by atoms with Crippen LogP contribution in [0.5, 0.6) is 0 Å². The van der Waals surface area contributed by atoms with E-state index in [1.807, 2.05) is 6.26 Å². The summed E-state index contributed by atoms with van der Waals surface area (Å²) < 4.78 is 5.46. The van der Waals surface area contributed by atoms with Crippen LogP contribution in [-0.2, 0) is 4.74 Å². The average molecular weight is 234 g/mol. The Hall–Kier alpha value is -0.500. The second-order valence-corrected chi connectivity index (χ2v) is 6.61. The van der Waals surface area contributed by atoms with Crippen LogP contribution in [0.2, 0.25) is 0 Å². The van der Waals surface area contributed by atoms with Crippen molar-refractivity contribution in [3.05, 3.63) is 11.8 Å². The first-order chi connectivity index (χ1) is 8.29. The summed E-state index contributed by atoms with van der Waals surface area (Å²) in [5.41, 5.74) is 0.720. The molecule has 0 aromatic heterocycles. The van der Waals surface area contributed by atoms with Crippen molar-refractivity contribution in [3.63, 3.8) is 0 Å². The number of rotatable bonds is 1. The summed E-state index contributed by atoms with van der Waals surface area (Å²) in [4.78, 5) is 0. The second kappa shape index (κ2) is 3.50. The van der Waals surface area contributed by atoms with E-state index in [-0.39, 0.29) is 0 Å². The summed E-state index contributed by atoms with van der Waals surface area (Å²) in [5.74, 6) is 3.13. The largest absolute Gasteiger partial charge is 0.501 e. The lowest BCUT2D eigenvalue weighted by molar-refractivity contribution is -0.0227. The summed E-state index contributed by atoms with van der Waals surface area (Å²) in [7, 11) is 0. The standard InChI is InChI=1S/C15H22O2/c16-15(11-3-2-6-17-9-11)8-10-7-14(15)13-5-1-4-12(10)13/h9-10,12-14,16H,1-8H2. The lowest BCUT2D eigenvalue weighted by atomic mass is 9.69. The van der Waals surface area contributed by atoms with Crippen LogP contribution in [0.1, 0.15) is 44.9 Å². The minimum absolute atomic E-state index is 0.489. The van der Waals surface area contributed by atoms with Crippen LogP contribution in [0.4, 0.5) is 0 Å². The molecule has 2 heteroatoms. The van der Waals surface area contributed by atoms with Crippen molar-refractivity contribution in [3.8, 4) is 0 Å². The van der Waals surface area contributed by atoms with Gasteiger partial charge in [-0.15, -0.1) is 0 Å². The fourth-order valence-corrected chi connectivity index (χ4v) is 5.37. The summed E-state index contributed by atoms with van der Waals surface area (Å²) in [6.07, 6.45) is 10.5. The van der Waals surface area contributed by atoms with E-state index in [0.717, 1.165) is 43.6 Å². The van der Waals surface area contributed by atoms with E-state index in [9.17, 15) is 5.11 Å². The molecule has 17 heavy (non-hydrogen) atoms. The molecule has 0 saturated heterocycles. The van der Waals surface area contributed by atoms with Gasteiger partial charge >= 0.3 is 0 Å². The van der Waals surface area contributed by atoms with Crippen LogP contribution in [0, 0.1) is 23.7 Å². The molecule has 4 rings (SSSR count). The Bertz CT molecular complexity index is 362. The summed E-state index contributed by atoms with van der Waals surface area (Å²) in [6, 6.07) is 0. The minimum atomic E-state index is -0.489. The molecule has 1 aliphatic heterocycles. The molecule has 1 heterocycles. The van der Waals surface area contributed by atoms with Crippen LogP contribution in [-0.4, -0.2) is 17.3 Å². The van der Waals surface area contributed by atoms with Gasteiger partial charge in [0.15, 0.2) is 0 Å². The van der Waals surface area contributed by atoms with Crippen LogP contribution in [0.3, 0.4) is 0 Å². The molecular formula is C15H22O2. The Morgan fingerprint density at radius 1 is 1.24 bits per heavy atom. The van der Waals surface area contributed by atoms with E-state index in [1.54, 1.807) is 0 Å². The highest BCUT2D eigenvalue weighted by Crippen LogP contribution is 2.64. The topological polar surface area (TPSA) is 29.5 Å². The zero-order valence-electron chi connectivity index (χ0n) is 10.4. The fourth-order valence-electron chi connectivity index (χ4n) is 5.37. The molecule has 0 aromatic carbocycles. The van der Waals surface area contributed by atoms with Crippen molar-refractivity contribution in [2.45, 2.75) is 50.5 Å². The Balaban J connectivity index is 1.65. The molecule has 2 bridgehead atoms. The Morgan fingerprint density at radius 2 is 2.12 bits per heavy atom. The molecule has 0 amide bonds. The summed E-state index contributed by atoms with van der Waals surface area (Å²) >= 11 is 0. The number of hydrogen-bond donors (Lipinski definition) is 1. The van der Waals surface area contributed by atoms with Crippen LogP contribution < -0.4 is 0 Å². The molecule has 2 nitrogen and oxygen atoms in total. The Kier molecular flexibility index (Phi) is 2.15. The third-order valence-corrected chi connectivity index (χ3v) is 5.98. The summed E-state index contributed by atoms with van der Waals surface area (Å²) in [5, 5.41) is 11.1. The molecule has 5 unspecified atom stereocenters. The first-order valence-corrected chi connectivity index (χ1v) is 7.32. The molecule has 4 aliphatic rings. The number of fused-ring (bicyclic) bond motifs is 5. The number of hydrogen-bond acceptors (Lipinski definition) is 2. The van der Waals surface area contributed by atoms with Gasteiger partial charge in [-0.25, -0.2) is 0 Å². The molecule has 1 N–H and O–H groups in total. The summed E-state index contributed by atoms with van der Waals surface area (Å²) in [6.45, 7) is 0.833. The quantitative estimate of drug-likeness (QED) is 0.756. The second-order valence-electron chi connectivity index (χ2n) is 6.61. The van der Waals surface area contributed by atoms with Gasteiger partial charge in [0.05, 0.1) is 18.5 Å². The minimum Gasteiger partial charge on any atom is -0.501 e. The van der Waals surface area contributed by atoms with Crippen molar-refractivity contribution in [2.24, 2.45) is 23.7 Å². The van der Waals surface area contributed by atoms with Gasteiger partial charge in [-0.1, -0.05) is 6.42 Å². The van der Waals surface area contributed by atoms with Gasteiger partial charge in [0.2, 0.25) is 0 Å². The molecule has 5 atom stereocenters. The zero-order valence-corrected chi connectivity index (χ0v) is 10.4. The number of ether oxygens (including phenoxy) is 1. The van der Waals surface area contributed by atoms with Gasteiger partial charge in [-0.05, 0) is 67.8 Å². The van der Waals surface area contributed by atoms with E-state index in [2.05, 4.69) is 0 Å². The molecule has 3 saturated carbocycles. The maximum Gasteiger partial charge on any atom is 0.0922 e. The Labute approximate surface area is 103 Å². The van der Waals surface area contributed by atoms with Gasteiger partial charge in [-0.2, -0.15) is 0 Å². The van der Waals surface area contributed by atoms with Crippen molar-refractivity contribution in [1.82, 2.24) is 0 Å². The maximum absolute atomic E-state index is 11.1. The molecule has 0 radical (unpaired) electrons. The van der Waals surface area contributed by atoms with Crippen molar-refractivity contribution in [1.29, 1.82) is 0 Å². The molecule has 3 fully saturated rings. The van der Waals surface area contributed by atoms with Gasteiger partial charge in [0.25, 0.3) is 0 Å². The van der Waals surface area contributed by atoms with E-state index >= 15 is 0 Å². The molecular weight excluding hydrogens is 212 g/mol. The Morgan fingerprint density at radius 3 is 2.94 bits per heavy atom. The first-order valence-electron chi connectivity index (χ1n) is 7.32. The molecule has 3 aliphatic carbocycles. The van der Waals surface area contributed by atoms with Crippen molar-refractivity contribution in [2.75, 3.05) is 6.61 Å². The average Bonchev–Trinajstić information content (AvgIpc) is 3.00. The third kappa shape index (κ3) is 1.31. The molecule has 0 spiro atoms. The lowest BCUT2D eigenvalue weighted by Gasteiger charge is -2.41. The van der Waals surface area contributed by atoms with Gasteiger partial charge < -0.3 is 9.84 Å². The molecule has 0 aromatic rings. The predicted molar refractivity (Wildman–Crippen MR) is 65.3 cm³/mol. The fraction of sp³-hybridized carbons (Fsp3) is 0.867. The van der Waals surface area contributed by atoms with Crippen molar-refractivity contribution >= 4 is 0 Å². The van der Waals surface area contributed by atoms with Crippen LogP contribution in [0.25, 0.3) is 0 Å². The normalized spacial score (nSPS) is 52.2. The van der Waals surface area contributed by atoms with Gasteiger partial charge in [0.1, 0.15) is 0 Å². The van der Waals surface area contributed by atoms with E-state index < -0.39 is 5.60 Å². The lowest BCUT2D eigenvalue weighted by Crippen LogP contribution is -2.43. The van der Waals surface area contributed by atoms with Crippen molar-refractivity contribution < 1.29 is 9.84 Å². The predicted octanol–water partition coefficient (Wildman–Crippen LogP) is 2.87. The number of aliphatic hydroxyl groups is 1. The third-order valence-electron chi connectivity index (χ3n) is 5.98. The van der Waals surface area contributed by atoms with Gasteiger partial charge in [-0.3, -0.25) is 0 Å². The highest BCUT2D eigenvalue weighted by molar-refractivity contribution is 5.25. The highest BCUT2D eigenvalue weighted by atomic mass is 16.5. The van der Waals surface area contributed by atoms with E-state index in [4.69, 9.17) is 4.74 Å². The van der Waals surface area contributed by atoms with Gasteiger partial charge in [0, 0.05) is 0 Å². The maximum atomic E-state index is 11.1. The monoisotopic (exact) mass is 234 g/mol. The SMILES string of the molecule is OC1(C2=COCCC2)CC2CC1C1CCCC21. The smallest absolute Gasteiger partial charge is 0.0922 e.